The van der Waals surface area contributed by atoms with E-state index in [9.17, 15) is 13.2 Å². The number of hydrogen-bond acceptors (Lipinski definition) is 4. The van der Waals surface area contributed by atoms with E-state index in [-0.39, 0.29) is 12.5 Å². The number of amides is 1. The second kappa shape index (κ2) is 7.06. The highest BCUT2D eigenvalue weighted by Crippen LogP contribution is 2.03. The topological polar surface area (TPSA) is 84.5 Å². The molecule has 18 heavy (non-hydrogen) atoms. The predicted octanol–water partition coefficient (Wildman–Crippen LogP) is 0.246. The van der Waals surface area contributed by atoms with Crippen molar-refractivity contribution in [2.75, 3.05) is 19.4 Å². The average molecular weight is 280 g/mol. The molecule has 0 unspecified atom stereocenters. The van der Waals surface area contributed by atoms with Gasteiger partial charge in [-0.3, -0.25) is 4.79 Å². The van der Waals surface area contributed by atoms with Crippen LogP contribution in [0, 0.1) is 0 Å². The third-order valence-electron chi connectivity index (χ3n) is 2.20. The molecule has 0 aliphatic carbocycles. The molecule has 1 atom stereocenters. The molecule has 0 aromatic carbocycles. The van der Waals surface area contributed by atoms with E-state index in [1.54, 1.807) is 13.8 Å². The first-order valence-electron chi connectivity index (χ1n) is 5.99. The second-order valence-electron chi connectivity index (χ2n) is 4.83. The fourth-order valence-electron chi connectivity index (χ4n) is 1.54. The maximum atomic E-state index is 11.8. The van der Waals surface area contributed by atoms with Gasteiger partial charge in [-0.15, -0.1) is 0 Å². The Morgan fingerprint density at radius 1 is 1.33 bits per heavy atom. The van der Waals surface area contributed by atoms with Crippen molar-refractivity contribution in [2.45, 2.75) is 45.8 Å². The zero-order valence-corrected chi connectivity index (χ0v) is 12.6. The van der Waals surface area contributed by atoms with E-state index in [0.717, 1.165) is 6.26 Å². The molecule has 0 aliphatic heterocycles. The van der Waals surface area contributed by atoms with E-state index in [0.29, 0.717) is 13.0 Å². The van der Waals surface area contributed by atoms with E-state index >= 15 is 0 Å². The Kier molecular flexibility index (Phi) is 6.80. The van der Waals surface area contributed by atoms with Crippen LogP contribution in [0.4, 0.5) is 0 Å². The number of nitrogens with one attached hydrogen (secondary N) is 2. The van der Waals surface area contributed by atoms with Crippen molar-refractivity contribution in [1.82, 2.24) is 10.0 Å². The van der Waals surface area contributed by atoms with Crippen LogP contribution in [0.15, 0.2) is 0 Å². The van der Waals surface area contributed by atoms with Crippen molar-refractivity contribution in [3.63, 3.8) is 0 Å². The number of ether oxygens (including phenoxy) is 1. The van der Waals surface area contributed by atoms with Gasteiger partial charge in [0.15, 0.2) is 0 Å². The Morgan fingerprint density at radius 2 is 1.89 bits per heavy atom. The van der Waals surface area contributed by atoms with Gasteiger partial charge in [0, 0.05) is 18.7 Å². The third kappa shape index (κ3) is 7.62. The monoisotopic (exact) mass is 280 g/mol. The molecular weight excluding hydrogens is 256 g/mol. The van der Waals surface area contributed by atoms with Gasteiger partial charge < -0.3 is 10.1 Å². The van der Waals surface area contributed by atoms with Crippen molar-refractivity contribution in [2.24, 2.45) is 0 Å². The Hall–Kier alpha value is -0.660. The van der Waals surface area contributed by atoms with Gasteiger partial charge >= 0.3 is 0 Å². The lowest BCUT2D eigenvalue weighted by Gasteiger charge is -2.26. The molecule has 1 amide bonds. The SMILES string of the molecule is CCO[C@H](CC)C(=O)NCC(C)(C)NS(C)(=O)=O. The number of carbonyl (C=O) groups excluding carboxylic acids is 1. The molecule has 7 heteroatoms. The highest BCUT2D eigenvalue weighted by atomic mass is 32.2. The lowest BCUT2D eigenvalue weighted by molar-refractivity contribution is -0.132. The summed E-state index contributed by atoms with van der Waals surface area (Å²) in [5.74, 6) is -0.220. The number of hydrogen-bond donors (Lipinski definition) is 2. The van der Waals surface area contributed by atoms with Crippen LogP contribution in [0.3, 0.4) is 0 Å². The minimum atomic E-state index is -3.30. The van der Waals surface area contributed by atoms with Gasteiger partial charge in [0.2, 0.25) is 15.9 Å². The number of rotatable bonds is 8. The van der Waals surface area contributed by atoms with Crippen molar-refractivity contribution < 1.29 is 17.9 Å². The molecule has 0 saturated heterocycles. The summed E-state index contributed by atoms with van der Waals surface area (Å²) in [7, 11) is -3.30. The molecular formula is C11H24N2O4S. The second-order valence-corrected chi connectivity index (χ2v) is 6.58. The molecule has 0 fully saturated rings. The van der Waals surface area contributed by atoms with Crippen LogP contribution in [0.1, 0.15) is 34.1 Å². The van der Waals surface area contributed by atoms with Crippen LogP contribution in [-0.2, 0) is 19.6 Å². The summed E-state index contributed by atoms with van der Waals surface area (Å²) in [4.78, 5) is 11.8. The van der Waals surface area contributed by atoms with Crippen LogP contribution < -0.4 is 10.0 Å². The molecule has 0 radical (unpaired) electrons. The van der Waals surface area contributed by atoms with Crippen molar-refractivity contribution in [3.05, 3.63) is 0 Å². The maximum Gasteiger partial charge on any atom is 0.249 e. The molecule has 0 bridgehead atoms. The van der Waals surface area contributed by atoms with E-state index in [1.165, 1.54) is 0 Å². The fraction of sp³-hybridized carbons (Fsp3) is 0.909. The van der Waals surface area contributed by atoms with Gasteiger partial charge in [-0.2, -0.15) is 0 Å². The highest BCUT2D eigenvalue weighted by Gasteiger charge is 2.24. The molecule has 0 spiro atoms. The minimum Gasteiger partial charge on any atom is -0.369 e. The van der Waals surface area contributed by atoms with Crippen LogP contribution in [0.5, 0.6) is 0 Å². The van der Waals surface area contributed by atoms with Gasteiger partial charge in [-0.05, 0) is 27.2 Å². The Morgan fingerprint density at radius 3 is 2.28 bits per heavy atom. The lowest BCUT2D eigenvalue weighted by Crippen LogP contribution is -2.52. The van der Waals surface area contributed by atoms with E-state index in [2.05, 4.69) is 10.0 Å². The largest absolute Gasteiger partial charge is 0.369 e. The first-order valence-corrected chi connectivity index (χ1v) is 7.88. The summed E-state index contributed by atoms with van der Waals surface area (Å²) < 4.78 is 30.0. The molecule has 108 valence electrons. The zero-order valence-electron chi connectivity index (χ0n) is 11.7. The van der Waals surface area contributed by atoms with E-state index in [1.807, 2.05) is 13.8 Å². The quantitative estimate of drug-likeness (QED) is 0.667. The summed E-state index contributed by atoms with van der Waals surface area (Å²) in [6, 6.07) is 0. The zero-order chi connectivity index (χ0) is 14.4. The summed E-state index contributed by atoms with van der Waals surface area (Å²) in [5.41, 5.74) is -0.728. The molecule has 0 aliphatic rings. The third-order valence-corrected chi connectivity index (χ3v) is 3.12. The maximum absolute atomic E-state index is 11.8. The van der Waals surface area contributed by atoms with E-state index in [4.69, 9.17) is 4.74 Å². The first kappa shape index (κ1) is 17.3. The van der Waals surface area contributed by atoms with Gasteiger partial charge in [0.25, 0.3) is 0 Å². The highest BCUT2D eigenvalue weighted by molar-refractivity contribution is 7.88. The first-order chi connectivity index (χ1) is 8.11. The molecule has 0 saturated carbocycles. The standard InChI is InChI=1S/C11H24N2O4S/c1-6-9(17-7-2)10(14)12-8-11(3,4)13-18(5,15)16/h9,13H,6-8H2,1-5H3,(H,12,14)/t9-/m1/s1. The van der Waals surface area contributed by atoms with Gasteiger partial charge in [0.1, 0.15) is 6.10 Å². The van der Waals surface area contributed by atoms with E-state index < -0.39 is 21.7 Å². The smallest absolute Gasteiger partial charge is 0.249 e. The molecule has 2 N–H and O–H groups in total. The summed E-state index contributed by atoms with van der Waals surface area (Å²) in [5, 5.41) is 2.69. The minimum absolute atomic E-state index is 0.211. The summed E-state index contributed by atoms with van der Waals surface area (Å²) in [6.45, 7) is 7.77. The Labute approximate surface area is 110 Å². The molecule has 0 aromatic rings. The van der Waals surface area contributed by atoms with Crippen LogP contribution in [-0.4, -0.2) is 45.4 Å². The summed E-state index contributed by atoms with van der Waals surface area (Å²) in [6.07, 6.45) is 1.19. The van der Waals surface area contributed by atoms with Crippen LogP contribution in [0.25, 0.3) is 0 Å². The fourth-order valence-corrected chi connectivity index (χ4v) is 2.62. The normalized spacial score (nSPS) is 14.3. The van der Waals surface area contributed by atoms with Gasteiger partial charge in [0.05, 0.1) is 6.26 Å². The Balaban J connectivity index is 4.34. The lowest BCUT2D eigenvalue weighted by atomic mass is 10.1. The van der Waals surface area contributed by atoms with Gasteiger partial charge in [-0.1, -0.05) is 6.92 Å². The number of carbonyl (C=O) groups is 1. The van der Waals surface area contributed by atoms with Crippen molar-refractivity contribution in [3.8, 4) is 0 Å². The predicted molar refractivity (Wildman–Crippen MR) is 70.8 cm³/mol. The molecule has 6 nitrogen and oxygen atoms in total. The van der Waals surface area contributed by atoms with Gasteiger partial charge in [-0.25, -0.2) is 13.1 Å². The Bertz CT molecular complexity index is 365. The average Bonchev–Trinajstić information content (AvgIpc) is 2.19. The summed E-state index contributed by atoms with van der Waals surface area (Å²) >= 11 is 0. The van der Waals surface area contributed by atoms with Crippen LogP contribution in [0.2, 0.25) is 0 Å². The van der Waals surface area contributed by atoms with Crippen molar-refractivity contribution >= 4 is 15.9 Å². The number of sulfonamides is 1. The molecule has 0 rings (SSSR count). The molecule has 0 aromatic heterocycles. The molecule has 0 heterocycles. The van der Waals surface area contributed by atoms with Crippen LogP contribution >= 0.6 is 0 Å². The van der Waals surface area contributed by atoms with Crippen molar-refractivity contribution in [1.29, 1.82) is 0 Å².